The molecule has 0 atom stereocenters. The summed E-state index contributed by atoms with van der Waals surface area (Å²) < 4.78 is 10.5. The lowest BCUT2D eigenvalue weighted by molar-refractivity contribution is 0.288. The predicted octanol–water partition coefficient (Wildman–Crippen LogP) is 2.97. The van der Waals surface area contributed by atoms with Crippen LogP contribution in [0.15, 0.2) is 18.2 Å². The molecular formula is C12H18O3. The van der Waals surface area contributed by atoms with Crippen molar-refractivity contribution >= 4 is 0 Å². The maximum Gasteiger partial charge on any atom is 0.164 e. The highest BCUT2D eigenvalue weighted by atomic mass is 16.5. The van der Waals surface area contributed by atoms with E-state index in [0.29, 0.717) is 18.1 Å². The van der Waals surface area contributed by atoms with Crippen LogP contribution in [0.4, 0.5) is 0 Å². The van der Waals surface area contributed by atoms with Gasteiger partial charge in [-0.15, -0.1) is 0 Å². The lowest BCUT2D eigenvalue weighted by Gasteiger charge is -2.09. The van der Waals surface area contributed by atoms with E-state index < -0.39 is 0 Å². The summed E-state index contributed by atoms with van der Waals surface area (Å²) in [6, 6.07) is 4.98. The maximum absolute atomic E-state index is 9.51. The number of ether oxygens (including phenoxy) is 2. The Morgan fingerprint density at radius 1 is 1.27 bits per heavy atom. The smallest absolute Gasteiger partial charge is 0.164 e. The maximum atomic E-state index is 9.51. The molecule has 1 aromatic carbocycles. The largest absolute Gasteiger partial charge is 0.504 e. The molecule has 0 aliphatic heterocycles. The molecule has 3 nitrogen and oxygen atoms in total. The molecule has 0 spiro atoms. The predicted molar refractivity (Wildman–Crippen MR) is 59.7 cm³/mol. The lowest BCUT2D eigenvalue weighted by atomic mass is 10.2. The average Bonchev–Trinajstić information content (AvgIpc) is 2.26. The summed E-state index contributed by atoms with van der Waals surface area (Å²) in [5.41, 5.74) is 0. The molecule has 0 unspecified atom stereocenters. The number of hydrogen-bond acceptors (Lipinski definition) is 3. The molecule has 0 aliphatic carbocycles. The molecule has 84 valence electrons. The fourth-order valence-electron chi connectivity index (χ4n) is 1.27. The Labute approximate surface area is 90.6 Å². The third-order valence-electron chi connectivity index (χ3n) is 2.17. The Balaban J connectivity index is 2.51. The Morgan fingerprint density at radius 2 is 2.07 bits per heavy atom. The minimum absolute atomic E-state index is 0.160. The van der Waals surface area contributed by atoms with Gasteiger partial charge >= 0.3 is 0 Å². The zero-order valence-corrected chi connectivity index (χ0v) is 9.32. The Kier molecular flexibility index (Phi) is 4.81. The van der Waals surface area contributed by atoms with Gasteiger partial charge in [-0.25, -0.2) is 0 Å². The Morgan fingerprint density at radius 3 is 2.73 bits per heavy atom. The van der Waals surface area contributed by atoms with Gasteiger partial charge in [0.25, 0.3) is 0 Å². The standard InChI is InChI=1S/C12H18O3/c1-3-4-5-8-15-12-9-10(14-2)6-7-11(12)13/h6-7,9,13H,3-5,8H2,1-2H3. The van der Waals surface area contributed by atoms with Crippen LogP contribution in [0, 0.1) is 0 Å². The fraction of sp³-hybridized carbons (Fsp3) is 0.500. The molecule has 0 bridgehead atoms. The Bertz CT molecular complexity index is 297. The van der Waals surface area contributed by atoms with Crippen LogP contribution in [0.25, 0.3) is 0 Å². The molecule has 0 heterocycles. The molecule has 0 aromatic heterocycles. The molecule has 3 heteroatoms. The van der Waals surface area contributed by atoms with E-state index in [4.69, 9.17) is 9.47 Å². The monoisotopic (exact) mass is 210 g/mol. The summed E-state index contributed by atoms with van der Waals surface area (Å²) >= 11 is 0. The van der Waals surface area contributed by atoms with E-state index in [-0.39, 0.29) is 5.75 Å². The zero-order chi connectivity index (χ0) is 11.1. The van der Waals surface area contributed by atoms with Crippen molar-refractivity contribution in [1.82, 2.24) is 0 Å². The molecule has 0 saturated carbocycles. The zero-order valence-electron chi connectivity index (χ0n) is 9.32. The topological polar surface area (TPSA) is 38.7 Å². The first kappa shape index (κ1) is 11.7. The molecule has 0 radical (unpaired) electrons. The third-order valence-corrected chi connectivity index (χ3v) is 2.17. The number of aromatic hydroxyl groups is 1. The van der Waals surface area contributed by atoms with Gasteiger partial charge < -0.3 is 14.6 Å². The van der Waals surface area contributed by atoms with Crippen LogP contribution in [0.1, 0.15) is 26.2 Å². The second-order valence-electron chi connectivity index (χ2n) is 3.39. The van der Waals surface area contributed by atoms with Gasteiger partial charge in [0, 0.05) is 6.07 Å². The molecule has 1 N–H and O–H groups in total. The molecule has 1 aromatic rings. The van der Waals surface area contributed by atoms with E-state index in [1.807, 2.05) is 0 Å². The van der Waals surface area contributed by atoms with Crippen LogP contribution < -0.4 is 9.47 Å². The molecule has 0 aliphatic rings. The summed E-state index contributed by atoms with van der Waals surface area (Å²) in [5.74, 6) is 1.34. The van der Waals surface area contributed by atoms with E-state index in [0.717, 1.165) is 19.3 Å². The first-order valence-electron chi connectivity index (χ1n) is 5.27. The number of benzene rings is 1. The quantitative estimate of drug-likeness (QED) is 0.733. The fourth-order valence-corrected chi connectivity index (χ4v) is 1.27. The number of hydrogen-bond donors (Lipinski definition) is 1. The van der Waals surface area contributed by atoms with E-state index in [9.17, 15) is 5.11 Å². The molecule has 15 heavy (non-hydrogen) atoms. The van der Waals surface area contributed by atoms with Crippen LogP contribution in [0.2, 0.25) is 0 Å². The average molecular weight is 210 g/mol. The van der Waals surface area contributed by atoms with E-state index in [1.165, 1.54) is 0 Å². The van der Waals surface area contributed by atoms with Gasteiger partial charge in [-0.05, 0) is 18.6 Å². The van der Waals surface area contributed by atoms with Crippen molar-refractivity contribution in [2.45, 2.75) is 26.2 Å². The minimum Gasteiger partial charge on any atom is -0.504 e. The van der Waals surface area contributed by atoms with Gasteiger partial charge in [0.1, 0.15) is 5.75 Å². The minimum atomic E-state index is 0.160. The van der Waals surface area contributed by atoms with Crippen molar-refractivity contribution in [3.63, 3.8) is 0 Å². The van der Waals surface area contributed by atoms with Crippen LogP contribution in [0.5, 0.6) is 17.2 Å². The second kappa shape index (κ2) is 6.17. The number of phenolic OH excluding ortho intramolecular Hbond substituents is 1. The van der Waals surface area contributed by atoms with Gasteiger partial charge in [-0.3, -0.25) is 0 Å². The van der Waals surface area contributed by atoms with Gasteiger partial charge in [0.05, 0.1) is 13.7 Å². The highest BCUT2D eigenvalue weighted by Gasteiger charge is 2.03. The first-order valence-corrected chi connectivity index (χ1v) is 5.27. The number of methoxy groups -OCH3 is 1. The first-order chi connectivity index (χ1) is 7.27. The number of phenols is 1. The number of unbranched alkanes of at least 4 members (excludes halogenated alkanes) is 2. The summed E-state index contributed by atoms with van der Waals surface area (Å²) in [7, 11) is 1.59. The molecule has 0 saturated heterocycles. The van der Waals surface area contributed by atoms with Crippen molar-refractivity contribution in [2.75, 3.05) is 13.7 Å². The van der Waals surface area contributed by atoms with Gasteiger partial charge in [0.2, 0.25) is 0 Å². The van der Waals surface area contributed by atoms with E-state index in [1.54, 1.807) is 25.3 Å². The van der Waals surface area contributed by atoms with Crippen LogP contribution in [-0.2, 0) is 0 Å². The lowest BCUT2D eigenvalue weighted by Crippen LogP contribution is -1.97. The van der Waals surface area contributed by atoms with E-state index >= 15 is 0 Å². The SMILES string of the molecule is CCCCCOc1cc(OC)ccc1O. The Hall–Kier alpha value is -1.38. The van der Waals surface area contributed by atoms with Gasteiger partial charge in [-0.1, -0.05) is 19.8 Å². The molecule has 0 amide bonds. The summed E-state index contributed by atoms with van der Waals surface area (Å²) in [5, 5.41) is 9.51. The molecule has 0 fully saturated rings. The van der Waals surface area contributed by atoms with Crippen molar-refractivity contribution in [1.29, 1.82) is 0 Å². The van der Waals surface area contributed by atoms with Crippen molar-refractivity contribution in [3.8, 4) is 17.2 Å². The molecular weight excluding hydrogens is 192 g/mol. The summed E-state index contributed by atoms with van der Waals surface area (Å²) in [6.07, 6.45) is 3.31. The highest BCUT2D eigenvalue weighted by Crippen LogP contribution is 2.30. The van der Waals surface area contributed by atoms with Crippen LogP contribution in [0.3, 0.4) is 0 Å². The van der Waals surface area contributed by atoms with Gasteiger partial charge in [0.15, 0.2) is 11.5 Å². The molecule has 1 rings (SSSR count). The van der Waals surface area contributed by atoms with Crippen molar-refractivity contribution < 1.29 is 14.6 Å². The van der Waals surface area contributed by atoms with Crippen LogP contribution >= 0.6 is 0 Å². The summed E-state index contributed by atoms with van der Waals surface area (Å²) in [6.45, 7) is 2.78. The second-order valence-corrected chi connectivity index (χ2v) is 3.39. The third kappa shape index (κ3) is 3.70. The van der Waals surface area contributed by atoms with Gasteiger partial charge in [-0.2, -0.15) is 0 Å². The van der Waals surface area contributed by atoms with E-state index in [2.05, 4.69) is 6.92 Å². The van der Waals surface area contributed by atoms with Crippen molar-refractivity contribution in [3.05, 3.63) is 18.2 Å². The van der Waals surface area contributed by atoms with Crippen molar-refractivity contribution in [2.24, 2.45) is 0 Å². The summed E-state index contributed by atoms with van der Waals surface area (Å²) in [4.78, 5) is 0. The highest BCUT2D eigenvalue weighted by molar-refractivity contribution is 5.44. The van der Waals surface area contributed by atoms with Crippen LogP contribution in [-0.4, -0.2) is 18.8 Å². The normalized spacial score (nSPS) is 10.0. The number of rotatable bonds is 6.